The predicted molar refractivity (Wildman–Crippen MR) is 51.7 cm³/mol. The number of carbonyl (C=O) groups is 1. The first kappa shape index (κ1) is 10.9. The Bertz CT molecular complexity index is 218. The Morgan fingerprint density at radius 1 is 1.64 bits per heavy atom. The topological polar surface area (TPSA) is 64.5 Å². The number of hydrogen-bond acceptors (Lipinski definition) is 3. The molecule has 80 valence electrons. The molecule has 0 aliphatic carbocycles. The van der Waals surface area contributed by atoms with E-state index < -0.39 is 6.04 Å². The smallest absolute Gasteiger partial charge is 0.252 e. The molecule has 0 aromatic heterocycles. The van der Waals surface area contributed by atoms with E-state index in [1.165, 1.54) is 7.05 Å². The highest BCUT2D eigenvalue weighted by Gasteiger charge is 2.32. The van der Waals surface area contributed by atoms with E-state index >= 15 is 0 Å². The zero-order valence-corrected chi connectivity index (χ0v) is 8.52. The van der Waals surface area contributed by atoms with Gasteiger partial charge in [0.2, 0.25) is 0 Å². The highest BCUT2D eigenvalue weighted by Crippen LogP contribution is 2.14. The maximum Gasteiger partial charge on any atom is 0.252 e. The molecule has 1 N–H and O–H groups in total. The maximum absolute atomic E-state index is 11.4. The van der Waals surface area contributed by atoms with Crippen LogP contribution in [0.1, 0.15) is 6.42 Å². The van der Waals surface area contributed by atoms with Crippen LogP contribution in [0.3, 0.4) is 0 Å². The van der Waals surface area contributed by atoms with Crippen molar-refractivity contribution in [1.29, 1.82) is 0 Å². The first-order valence-corrected chi connectivity index (χ1v) is 4.61. The Labute approximate surface area is 82.9 Å². The Hall–Kier alpha value is -1.17. The molecule has 0 aromatic carbocycles. The fourth-order valence-corrected chi connectivity index (χ4v) is 1.32. The fourth-order valence-electron chi connectivity index (χ4n) is 1.32. The third kappa shape index (κ3) is 2.41. The number of nitroso groups, excluding NO2 is 1. The standard InChI is InChI=1S/C8H15N3O3/c1-9-8(12)7(11(2)10-13)6-14-4-3-5-14/h7H,3-6H2,1-2H3/p+1. The van der Waals surface area contributed by atoms with Crippen LogP contribution in [0, 0.1) is 4.91 Å². The molecule has 14 heavy (non-hydrogen) atoms. The van der Waals surface area contributed by atoms with E-state index in [1.807, 2.05) is 0 Å². The lowest BCUT2D eigenvalue weighted by Crippen LogP contribution is -2.49. The summed E-state index contributed by atoms with van der Waals surface area (Å²) in [5, 5.41) is 6.41. The van der Waals surface area contributed by atoms with Gasteiger partial charge in [-0.1, -0.05) is 0 Å². The van der Waals surface area contributed by atoms with Crippen molar-refractivity contribution < 1.29 is 9.16 Å². The lowest BCUT2D eigenvalue weighted by molar-refractivity contribution is -0.220. The number of nitrogens with one attached hydrogen (secondary N) is 1. The lowest BCUT2D eigenvalue weighted by atomic mass is 10.2. The van der Waals surface area contributed by atoms with Crippen LogP contribution in [0.4, 0.5) is 0 Å². The minimum Gasteiger partial charge on any atom is -0.419 e. The molecule has 0 saturated carbocycles. The van der Waals surface area contributed by atoms with Gasteiger partial charge in [-0.2, -0.15) is 0 Å². The van der Waals surface area contributed by atoms with Crippen molar-refractivity contribution in [1.82, 2.24) is 10.3 Å². The summed E-state index contributed by atoms with van der Waals surface area (Å²) in [6.07, 6.45) is 1.13. The molecule has 1 aliphatic rings. The highest BCUT2D eigenvalue weighted by atomic mass is 16.7. The SMILES string of the molecule is CNC(=O)C(C[O+]1CCC1)N(C)N=O. The monoisotopic (exact) mass is 202 g/mol. The summed E-state index contributed by atoms with van der Waals surface area (Å²) in [7, 11) is 3.06. The first-order chi connectivity index (χ1) is 6.69. The van der Waals surface area contributed by atoms with Crippen LogP contribution in [0.25, 0.3) is 0 Å². The molecular formula is C8H16N3O3+. The van der Waals surface area contributed by atoms with Crippen LogP contribution in [-0.2, 0) is 9.16 Å². The highest BCUT2D eigenvalue weighted by molar-refractivity contribution is 5.81. The molecule has 1 saturated heterocycles. The van der Waals surface area contributed by atoms with E-state index in [-0.39, 0.29) is 5.91 Å². The van der Waals surface area contributed by atoms with Crippen LogP contribution in [0.2, 0.25) is 0 Å². The second-order valence-corrected chi connectivity index (χ2v) is 3.33. The molecule has 0 radical (unpaired) electrons. The molecule has 1 rings (SSSR count). The zero-order chi connectivity index (χ0) is 10.6. The Balaban J connectivity index is 2.50. The molecule has 0 bridgehead atoms. The molecule has 1 atom stereocenters. The predicted octanol–water partition coefficient (Wildman–Crippen LogP) is -0.330. The van der Waals surface area contributed by atoms with E-state index in [2.05, 4.69) is 15.0 Å². The third-order valence-electron chi connectivity index (χ3n) is 2.39. The van der Waals surface area contributed by atoms with Gasteiger partial charge in [0.25, 0.3) is 5.91 Å². The van der Waals surface area contributed by atoms with E-state index in [0.29, 0.717) is 6.61 Å². The maximum atomic E-state index is 11.4. The van der Waals surface area contributed by atoms with E-state index in [0.717, 1.165) is 24.6 Å². The minimum absolute atomic E-state index is 0.188. The van der Waals surface area contributed by atoms with Gasteiger partial charge in [-0.3, -0.25) is 4.79 Å². The van der Waals surface area contributed by atoms with Crippen LogP contribution in [0.5, 0.6) is 0 Å². The molecular weight excluding hydrogens is 186 g/mol. The Morgan fingerprint density at radius 3 is 2.64 bits per heavy atom. The summed E-state index contributed by atoms with van der Waals surface area (Å²) in [5.74, 6) is -0.188. The molecule has 0 spiro atoms. The lowest BCUT2D eigenvalue weighted by Gasteiger charge is -2.31. The van der Waals surface area contributed by atoms with Crippen LogP contribution in [0.15, 0.2) is 5.29 Å². The van der Waals surface area contributed by atoms with Crippen LogP contribution in [-0.4, -0.2) is 50.9 Å². The first-order valence-electron chi connectivity index (χ1n) is 4.61. The van der Waals surface area contributed by atoms with Gasteiger partial charge in [-0.15, -0.1) is 4.91 Å². The number of likely N-dealkylation sites (N-methyl/N-ethyl adjacent to an activating group) is 2. The minimum atomic E-state index is -0.511. The van der Waals surface area contributed by atoms with Crippen molar-refractivity contribution in [3.63, 3.8) is 0 Å². The molecule has 1 unspecified atom stereocenters. The molecule has 1 heterocycles. The normalized spacial score (nSPS) is 18.1. The van der Waals surface area contributed by atoms with Gasteiger partial charge < -0.3 is 9.68 Å². The Kier molecular flexibility index (Phi) is 3.82. The molecule has 0 aromatic rings. The van der Waals surface area contributed by atoms with Gasteiger partial charge in [0.15, 0.2) is 25.9 Å². The van der Waals surface area contributed by atoms with Crippen molar-refractivity contribution in [3.8, 4) is 0 Å². The van der Waals surface area contributed by atoms with Gasteiger partial charge in [-0.05, 0) is 0 Å². The summed E-state index contributed by atoms with van der Waals surface area (Å²) in [6.45, 7) is 2.32. The summed E-state index contributed by atoms with van der Waals surface area (Å²) >= 11 is 0. The third-order valence-corrected chi connectivity index (χ3v) is 2.39. The molecule has 1 fully saturated rings. The summed E-state index contributed by atoms with van der Waals surface area (Å²) < 4.78 is 2.90. The molecule has 1 aliphatic heterocycles. The second-order valence-electron chi connectivity index (χ2n) is 3.33. The van der Waals surface area contributed by atoms with Gasteiger partial charge in [0.05, 0.1) is 11.7 Å². The van der Waals surface area contributed by atoms with Crippen LogP contribution < -0.4 is 5.32 Å². The molecule has 1 amide bonds. The quantitative estimate of drug-likeness (QED) is 0.377. The largest absolute Gasteiger partial charge is 0.419 e. The average Bonchev–Trinajstić information content (AvgIpc) is 2.14. The van der Waals surface area contributed by atoms with Crippen LogP contribution >= 0.6 is 0 Å². The van der Waals surface area contributed by atoms with E-state index in [4.69, 9.17) is 0 Å². The van der Waals surface area contributed by atoms with Gasteiger partial charge >= 0.3 is 0 Å². The summed E-state index contributed by atoms with van der Waals surface area (Å²) in [4.78, 5) is 21.7. The summed E-state index contributed by atoms with van der Waals surface area (Å²) in [6, 6.07) is -0.511. The molecule has 6 nitrogen and oxygen atoms in total. The van der Waals surface area contributed by atoms with Gasteiger partial charge in [0.1, 0.15) is 0 Å². The number of nitrogens with zero attached hydrogens (tertiary/aromatic N) is 2. The summed E-state index contributed by atoms with van der Waals surface area (Å²) in [5.41, 5.74) is 0. The van der Waals surface area contributed by atoms with Crippen molar-refractivity contribution >= 4 is 5.91 Å². The number of amides is 1. The van der Waals surface area contributed by atoms with Crippen molar-refractivity contribution in [3.05, 3.63) is 4.91 Å². The van der Waals surface area contributed by atoms with Gasteiger partial charge in [-0.25, -0.2) is 5.01 Å². The molecule has 6 heteroatoms. The van der Waals surface area contributed by atoms with E-state index in [1.54, 1.807) is 7.05 Å². The van der Waals surface area contributed by atoms with Gasteiger partial charge in [0, 0.05) is 14.1 Å². The zero-order valence-electron chi connectivity index (χ0n) is 8.52. The second kappa shape index (κ2) is 4.90. The fraction of sp³-hybridized carbons (Fsp3) is 0.875. The van der Waals surface area contributed by atoms with Crippen molar-refractivity contribution in [2.75, 3.05) is 33.9 Å². The number of rotatable bonds is 5. The van der Waals surface area contributed by atoms with Crippen molar-refractivity contribution in [2.45, 2.75) is 12.5 Å². The number of carbonyl (C=O) groups excluding carboxylic acids is 1. The average molecular weight is 202 g/mol. The van der Waals surface area contributed by atoms with E-state index in [9.17, 15) is 9.70 Å². The Morgan fingerprint density at radius 2 is 2.29 bits per heavy atom. The number of hydrogen-bond donors (Lipinski definition) is 1. The van der Waals surface area contributed by atoms with Crippen molar-refractivity contribution in [2.24, 2.45) is 5.29 Å².